The minimum absolute atomic E-state index is 0.0527. The standard InChI is InChI=1S/C17H21F3N2O2/c1-22(14-8-12-5-6-13(9-14)21-12)16(23)10-24-15-4-2-3-11(7-15)17(18,19)20/h2-4,7,12-14,21H,5-6,8-10H2,1H3. The Morgan fingerprint density at radius 2 is 1.96 bits per heavy atom. The molecule has 1 aromatic rings. The number of ether oxygens (including phenoxy) is 1. The van der Waals surface area contributed by atoms with Gasteiger partial charge in [-0.1, -0.05) is 6.07 Å². The van der Waals surface area contributed by atoms with Gasteiger partial charge in [0, 0.05) is 25.2 Å². The van der Waals surface area contributed by atoms with E-state index in [1.807, 2.05) is 0 Å². The maximum Gasteiger partial charge on any atom is 0.416 e. The Hall–Kier alpha value is -1.76. The molecule has 0 spiro atoms. The highest BCUT2D eigenvalue weighted by atomic mass is 19.4. The van der Waals surface area contributed by atoms with Crippen molar-refractivity contribution in [2.24, 2.45) is 0 Å². The van der Waals surface area contributed by atoms with E-state index in [0.717, 1.165) is 37.8 Å². The summed E-state index contributed by atoms with van der Waals surface area (Å²) in [5, 5.41) is 3.52. The van der Waals surface area contributed by atoms with Crippen molar-refractivity contribution in [2.75, 3.05) is 13.7 Å². The summed E-state index contributed by atoms with van der Waals surface area (Å²) in [6.45, 7) is -0.253. The SMILES string of the molecule is CN(C(=O)COc1cccc(C(F)(F)F)c1)C1CC2CCC(C1)N2. The van der Waals surface area contributed by atoms with Crippen LogP contribution in [0.15, 0.2) is 24.3 Å². The average Bonchev–Trinajstić information content (AvgIpc) is 2.89. The van der Waals surface area contributed by atoms with Gasteiger partial charge in [-0.15, -0.1) is 0 Å². The Kier molecular flexibility index (Phi) is 4.71. The molecule has 24 heavy (non-hydrogen) atoms. The van der Waals surface area contributed by atoms with Gasteiger partial charge in [0.25, 0.3) is 5.91 Å². The highest BCUT2D eigenvalue weighted by Gasteiger charge is 2.36. The molecule has 132 valence electrons. The molecule has 2 saturated heterocycles. The lowest BCUT2D eigenvalue weighted by molar-refractivity contribution is -0.137. The number of nitrogens with one attached hydrogen (secondary N) is 1. The van der Waals surface area contributed by atoms with Gasteiger partial charge in [-0.2, -0.15) is 13.2 Å². The second-order valence-electron chi connectivity index (χ2n) is 6.58. The Morgan fingerprint density at radius 1 is 1.29 bits per heavy atom. The zero-order chi connectivity index (χ0) is 17.3. The van der Waals surface area contributed by atoms with Crippen LogP contribution >= 0.6 is 0 Å². The first kappa shape index (κ1) is 17.1. The first-order valence-corrected chi connectivity index (χ1v) is 8.14. The van der Waals surface area contributed by atoms with Crippen LogP contribution in [-0.2, 0) is 11.0 Å². The number of carbonyl (C=O) groups excluding carboxylic acids is 1. The van der Waals surface area contributed by atoms with E-state index in [-0.39, 0.29) is 24.3 Å². The third-order valence-corrected chi connectivity index (χ3v) is 4.91. The van der Waals surface area contributed by atoms with Crippen molar-refractivity contribution in [1.29, 1.82) is 0 Å². The van der Waals surface area contributed by atoms with Gasteiger partial charge in [0.05, 0.1) is 5.56 Å². The van der Waals surface area contributed by atoms with Gasteiger partial charge in [-0.25, -0.2) is 0 Å². The molecule has 0 radical (unpaired) electrons. The molecular weight excluding hydrogens is 321 g/mol. The summed E-state index contributed by atoms with van der Waals surface area (Å²) >= 11 is 0. The molecule has 1 N–H and O–H groups in total. The van der Waals surface area contributed by atoms with E-state index in [1.54, 1.807) is 11.9 Å². The smallest absolute Gasteiger partial charge is 0.416 e. The molecule has 3 rings (SSSR count). The number of alkyl halides is 3. The topological polar surface area (TPSA) is 41.6 Å². The quantitative estimate of drug-likeness (QED) is 0.915. The third kappa shape index (κ3) is 3.83. The fourth-order valence-electron chi connectivity index (χ4n) is 3.56. The summed E-state index contributed by atoms with van der Waals surface area (Å²) in [5.74, 6) is -0.157. The monoisotopic (exact) mass is 342 g/mol. The summed E-state index contributed by atoms with van der Waals surface area (Å²) in [6, 6.07) is 5.69. The number of hydrogen-bond acceptors (Lipinski definition) is 3. The number of piperidine rings is 1. The van der Waals surface area contributed by atoms with E-state index >= 15 is 0 Å². The van der Waals surface area contributed by atoms with Crippen molar-refractivity contribution in [3.63, 3.8) is 0 Å². The predicted octanol–water partition coefficient (Wildman–Crippen LogP) is 2.83. The first-order chi connectivity index (χ1) is 11.3. The molecule has 7 heteroatoms. The molecule has 2 atom stereocenters. The fraction of sp³-hybridized carbons (Fsp3) is 0.588. The number of nitrogens with zero attached hydrogens (tertiary/aromatic N) is 1. The molecule has 2 aliphatic rings. The molecule has 2 aliphatic heterocycles. The van der Waals surface area contributed by atoms with Crippen LogP contribution in [0.5, 0.6) is 5.75 Å². The molecule has 2 unspecified atom stereocenters. The molecule has 0 aliphatic carbocycles. The number of benzene rings is 1. The van der Waals surface area contributed by atoms with E-state index in [2.05, 4.69) is 5.32 Å². The maximum absolute atomic E-state index is 12.7. The van der Waals surface area contributed by atoms with Gasteiger partial charge in [-0.05, 0) is 43.9 Å². The van der Waals surface area contributed by atoms with E-state index in [0.29, 0.717) is 12.1 Å². The lowest BCUT2D eigenvalue weighted by Crippen LogP contribution is -2.49. The molecule has 1 amide bonds. The van der Waals surface area contributed by atoms with Gasteiger partial charge < -0.3 is 15.0 Å². The Morgan fingerprint density at radius 3 is 2.58 bits per heavy atom. The van der Waals surface area contributed by atoms with E-state index in [1.165, 1.54) is 12.1 Å². The number of amides is 1. The van der Waals surface area contributed by atoms with Crippen LogP contribution in [0.25, 0.3) is 0 Å². The maximum atomic E-state index is 12.7. The number of fused-ring (bicyclic) bond motifs is 2. The van der Waals surface area contributed by atoms with Crippen LogP contribution in [-0.4, -0.2) is 42.6 Å². The van der Waals surface area contributed by atoms with Gasteiger partial charge in [0.15, 0.2) is 6.61 Å². The van der Waals surface area contributed by atoms with Crippen molar-refractivity contribution >= 4 is 5.91 Å². The molecule has 0 saturated carbocycles. The minimum Gasteiger partial charge on any atom is -0.484 e. The number of hydrogen-bond donors (Lipinski definition) is 1. The van der Waals surface area contributed by atoms with Crippen molar-refractivity contribution in [2.45, 2.75) is 50.0 Å². The van der Waals surface area contributed by atoms with Crippen molar-refractivity contribution < 1.29 is 22.7 Å². The number of carbonyl (C=O) groups is 1. The van der Waals surface area contributed by atoms with E-state index in [4.69, 9.17) is 4.74 Å². The normalized spacial score (nSPS) is 26.2. The summed E-state index contributed by atoms with van der Waals surface area (Å²) in [4.78, 5) is 14.0. The van der Waals surface area contributed by atoms with E-state index < -0.39 is 11.7 Å². The zero-order valence-corrected chi connectivity index (χ0v) is 13.5. The lowest BCUT2D eigenvalue weighted by atomic mass is 9.98. The second-order valence-corrected chi connectivity index (χ2v) is 6.58. The number of halogens is 3. The van der Waals surface area contributed by atoms with Crippen LogP contribution in [0.3, 0.4) is 0 Å². The highest BCUT2D eigenvalue weighted by Crippen LogP contribution is 2.31. The lowest BCUT2D eigenvalue weighted by Gasteiger charge is -2.35. The van der Waals surface area contributed by atoms with Gasteiger partial charge in [0.1, 0.15) is 5.75 Å². The van der Waals surface area contributed by atoms with Crippen molar-refractivity contribution in [3.05, 3.63) is 29.8 Å². The molecule has 2 bridgehead atoms. The van der Waals surface area contributed by atoms with Gasteiger partial charge >= 0.3 is 6.18 Å². The largest absolute Gasteiger partial charge is 0.484 e. The molecule has 4 nitrogen and oxygen atoms in total. The van der Waals surface area contributed by atoms with Crippen LogP contribution in [0.1, 0.15) is 31.2 Å². The molecule has 2 heterocycles. The van der Waals surface area contributed by atoms with Crippen molar-refractivity contribution in [3.8, 4) is 5.75 Å². The van der Waals surface area contributed by atoms with Crippen molar-refractivity contribution in [1.82, 2.24) is 10.2 Å². The van der Waals surface area contributed by atoms with Crippen LogP contribution in [0.4, 0.5) is 13.2 Å². The molecular formula is C17H21F3N2O2. The second kappa shape index (κ2) is 6.63. The van der Waals surface area contributed by atoms with E-state index in [9.17, 15) is 18.0 Å². The summed E-state index contributed by atoms with van der Waals surface area (Å²) in [7, 11) is 1.74. The molecule has 0 aromatic heterocycles. The molecule has 2 fully saturated rings. The first-order valence-electron chi connectivity index (χ1n) is 8.14. The van der Waals surface area contributed by atoms with Gasteiger partial charge in [0.2, 0.25) is 0 Å². The minimum atomic E-state index is -4.42. The summed E-state index contributed by atoms with van der Waals surface area (Å²) in [5.41, 5.74) is -0.782. The number of likely N-dealkylation sites (N-methyl/N-ethyl adjacent to an activating group) is 1. The van der Waals surface area contributed by atoms with Gasteiger partial charge in [-0.3, -0.25) is 4.79 Å². The van der Waals surface area contributed by atoms with Crippen LogP contribution in [0, 0.1) is 0 Å². The fourth-order valence-corrected chi connectivity index (χ4v) is 3.56. The number of rotatable bonds is 4. The van der Waals surface area contributed by atoms with Crippen LogP contribution in [0.2, 0.25) is 0 Å². The Labute approximate surface area is 139 Å². The predicted molar refractivity (Wildman–Crippen MR) is 82.7 cm³/mol. The Balaban J connectivity index is 1.55. The third-order valence-electron chi connectivity index (χ3n) is 4.91. The zero-order valence-electron chi connectivity index (χ0n) is 13.5. The molecule has 1 aromatic carbocycles. The average molecular weight is 342 g/mol. The highest BCUT2D eigenvalue weighted by molar-refractivity contribution is 5.77. The van der Waals surface area contributed by atoms with Crippen LogP contribution < -0.4 is 10.1 Å². The Bertz CT molecular complexity index is 594. The summed E-state index contributed by atoms with van der Waals surface area (Å²) in [6.07, 6.45) is -0.299. The summed E-state index contributed by atoms with van der Waals surface area (Å²) < 4.78 is 43.3.